The summed E-state index contributed by atoms with van der Waals surface area (Å²) in [5.41, 5.74) is 1.45. The van der Waals surface area contributed by atoms with Gasteiger partial charge < -0.3 is 9.47 Å². The molecular weight excluding hydrogens is 387 g/mol. The summed E-state index contributed by atoms with van der Waals surface area (Å²) in [6, 6.07) is 5.75. The van der Waals surface area contributed by atoms with Gasteiger partial charge in [0.2, 0.25) is 5.88 Å². The fourth-order valence-electron chi connectivity index (χ4n) is 2.94. The summed E-state index contributed by atoms with van der Waals surface area (Å²) >= 11 is 0. The minimum atomic E-state index is -4.71. The number of hydrogen-bond acceptors (Lipinski definition) is 5. The number of amides is 1. The first kappa shape index (κ1) is 20.2. The topological polar surface area (TPSA) is 73.1 Å². The molecule has 1 aliphatic heterocycles. The summed E-state index contributed by atoms with van der Waals surface area (Å²) in [5.74, 6) is -1.34. The van der Waals surface area contributed by atoms with Gasteiger partial charge in [-0.2, -0.15) is 13.2 Å². The van der Waals surface area contributed by atoms with Crippen LogP contribution in [0.25, 0.3) is 5.57 Å². The van der Waals surface area contributed by atoms with Crippen LogP contribution in [-0.2, 0) is 11.0 Å². The molecule has 0 spiro atoms. The Kier molecular flexibility index (Phi) is 5.23. The number of pyridine rings is 1. The zero-order valence-electron chi connectivity index (χ0n) is 15.8. The highest BCUT2D eigenvalue weighted by molar-refractivity contribution is 6.05. The first-order valence-electron chi connectivity index (χ1n) is 8.38. The number of azo groups is 1. The first-order chi connectivity index (χ1) is 13.6. The van der Waals surface area contributed by atoms with Gasteiger partial charge >= 0.3 is 6.18 Å². The fourth-order valence-corrected chi connectivity index (χ4v) is 2.94. The summed E-state index contributed by atoms with van der Waals surface area (Å²) in [5, 5.41) is 7.25. The Morgan fingerprint density at radius 2 is 1.83 bits per heavy atom. The van der Waals surface area contributed by atoms with Crippen LogP contribution in [0.2, 0.25) is 0 Å². The summed E-state index contributed by atoms with van der Waals surface area (Å²) < 4.78 is 50.5. The van der Waals surface area contributed by atoms with Gasteiger partial charge in [-0.25, -0.2) is 4.98 Å². The molecule has 3 rings (SSSR count). The lowest BCUT2D eigenvalue weighted by atomic mass is 9.93. The fraction of sp³-hybridized carbons (Fsp3) is 0.200. The SMILES string of the molecule is C=C1N=NC(=O)C(C)=C1c1ccc(Oc2nccc(OC)c2C(F)(F)F)cc1C. The number of ether oxygens (including phenoxy) is 2. The van der Waals surface area contributed by atoms with Crippen LogP contribution in [0.5, 0.6) is 17.4 Å². The van der Waals surface area contributed by atoms with Crippen molar-refractivity contribution in [3.8, 4) is 17.4 Å². The Labute approximate surface area is 164 Å². The molecule has 9 heteroatoms. The maximum atomic E-state index is 13.4. The lowest BCUT2D eigenvalue weighted by molar-refractivity contribution is -0.140. The third-order valence-corrected chi connectivity index (χ3v) is 4.31. The van der Waals surface area contributed by atoms with Crippen molar-refractivity contribution in [2.24, 2.45) is 10.2 Å². The molecule has 150 valence electrons. The molecular formula is C20H16F3N3O3. The molecule has 0 unspecified atom stereocenters. The molecule has 2 heterocycles. The smallest absolute Gasteiger partial charge is 0.425 e. The van der Waals surface area contributed by atoms with E-state index in [9.17, 15) is 18.0 Å². The van der Waals surface area contributed by atoms with Gasteiger partial charge in [0.05, 0.1) is 12.8 Å². The summed E-state index contributed by atoms with van der Waals surface area (Å²) in [6.07, 6.45) is -3.54. The molecule has 0 fully saturated rings. The maximum absolute atomic E-state index is 13.4. The summed E-state index contributed by atoms with van der Waals surface area (Å²) in [4.78, 5) is 15.5. The van der Waals surface area contributed by atoms with E-state index in [4.69, 9.17) is 9.47 Å². The molecule has 1 amide bonds. The molecule has 1 aliphatic rings. The maximum Gasteiger partial charge on any atom is 0.425 e. The number of rotatable bonds is 4. The second kappa shape index (κ2) is 7.50. The molecule has 0 atom stereocenters. The molecule has 6 nitrogen and oxygen atoms in total. The van der Waals surface area contributed by atoms with Crippen molar-refractivity contribution in [1.29, 1.82) is 0 Å². The number of carbonyl (C=O) groups excluding carboxylic acids is 1. The number of methoxy groups -OCH3 is 1. The van der Waals surface area contributed by atoms with Crippen molar-refractivity contribution < 1.29 is 27.4 Å². The Bertz CT molecular complexity index is 1070. The molecule has 29 heavy (non-hydrogen) atoms. The Hall–Kier alpha value is -3.49. The van der Waals surface area contributed by atoms with Gasteiger partial charge in [0.25, 0.3) is 5.91 Å². The van der Waals surface area contributed by atoms with Gasteiger partial charge in [0, 0.05) is 17.3 Å². The van der Waals surface area contributed by atoms with Crippen molar-refractivity contribution in [3.63, 3.8) is 0 Å². The Morgan fingerprint density at radius 1 is 1.10 bits per heavy atom. The van der Waals surface area contributed by atoms with E-state index >= 15 is 0 Å². The first-order valence-corrected chi connectivity index (χ1v) is 8.38. The van der Waals surface area contributed by atoms with Crippen LogP contribution in [0.15, 0.2) is 58.5 Å². The van der Waals surface area contributed by atoms with Gasteiger partial charge in [-0.1, -0.05) is 12.6 Å². The summed E-state index contributed by atoms with van der Waals surface area (Å²) in [6.45, 7) is 7.14. The highest BCUT2D eigenvalue weighted by atomic mass is 19.4. The minimum Gasteiger partial charge on any atom is -0.496 e. The number of alkyl halides is 3. The largest absolute Gasteiger partial charge is 0.496 e. The zero-order chi connectivity index (χ0) is 21.3. The number of allylic oxidation sites excluding steroid dienone is 1. The molecule has 0 bridgehead atoms. The van der Waals surface area contributed by atoms with E-state index in [1.807, 2.05) is 0 Å². The van der Waals surface area contributed by atoms with Crippen molar-refractivity contribution in [3.05, 3.63) is 65.0 Å². The Balaban J connectivity index is 2.01. The highest BCUT2D eigenvalue weighted by Crippen LogP contribution is 2.43. The normalized spacial score (nSPS) is 14.4. The van der Waals surface area contributed by atoms with E-state index in [1.54, 1.807) is 26.0 Å². The quantitative estimate of drug-likeness (QED) is 0.677. The van der Waals surface area contributed by atoms with Crippen LogP contribution >= 0.6 is 0 Å². The standard InChI is InChI=1S/C20H16F3N3O3/c1-10-9-13(5-6-14(10)16-11(2)18(27)26-25-12(16)3)29-19-17(20(21,22)23)15(28-4)7-8-24-19/h5-9H,3H2,1-2,4H3. The van der Waals surface area contributed by atoms with Crippen LogP contribution in [0, 0.1) is 6.92 Å². The molecule has 0 saturated heterocycles. The van der Waals surface area contributed by atoms with Crippen molar-refractivity contribution >= 4 is 11.5 Å². The number of benzene rings is 1. The van der Waals surface area contributed by atoms with Gasteiger partial charge in [-0.05, 0) is 43.2 Å². The number of carbonyl (C=O) groups is 1. The average molecular weight is 403 g/mol. The number of nitrogens with zero attached hydrogens (tertiary/aromatic N) is 3. The van der Waals surface area contributed by atoms with Crippen LogP contribution in [0.4, 0.5) is 13.2 Å². The van der Waals surface area contributed by atoms with Crippen LogP contribution < -0.4 is 9.47 Å². The monoisotopic (exact) mass is 403 g/mol. The highest BCUT2D eigenvalue weighted by Gasteiger charge is 2.39. The van der Waals surface area contributed by atoms with Gasteiger partial charge in [-0.3, -0.25) is 4.79 Å². The van der Waals surface area contributed by atoms with E-state index in [1.165, 1.54) is 12.3 Å². The van der Waals surface area contributed by atoms with Gasteiger partial charge in [0.15, 0.2) is 5.56 Å². The second-order valence-corrected chi connectivity index (χ2v) is 6.22. The molecule has 0 N–H and O–H groups in total. The number of aromatic nitrogens is 1. The van der Waals surface area contributed by atoms with Crippen molar-refractivity contribution in [2.45, 2.75) is 20.0 Å². The third kappa shape index (κ3) is 3.89. The molecule has 1 aromatic carbocycles. The third-order valence-electron chi connectivity index (χ3n) is 4.31. The predicted octanol–water partition coefficient (Wildman–Crippen LogP) is 5.49. The van der Waals surface area contributed by atoms with E-state index in [0.29, 0.717) is 28.0 Å². The van der Waals surface area contributed by atoms with E-state index in [-0.39, 0.29) is 11.5 Å². The number of halogens is 3. The number of hydrogen-bond donors (Lipinski definition) is 0. The molecule has 2 aromatic rings. The van der Waals surface area contributed by atoms with Crippen molar-refractivity contribution in [1.82, 2.24) is 4.98 Å². The predicted molar refractivity (Wildman–Crippen MR) is 98.6 cm³/mol. The van der Waals surface area contributed by atoms with Gasteiger partial charge in [-0.15, -0.1) is 10.2 Å². The minimum absolute atomic E-state index is 0.144. The van der Waals surface area contributed by atoms with E-state index < -0.39 is 23.5 Å². The van der Waals surface area contributed by atoms with Crippen molar-refractivity contribution in [2.75, 3.05) is 7.11 Å². The molecule has 0 aliphatic carbocycles. The van der Waals surface area contributed by atoms with Gasteiger partial charge in [0.1, 0.15) is 11.5 Å². The van der Waals surface area contributed by atoms with E-state index in [2.05, 4.69) is 21.8 Å². The lowest BCUT2D eigenvalue weighted by Gasteiger charge is -2.18. The second-order valence-electron chi connectivity index (χ2n) is 6.22. The molecule has 0 radical (unpaired) electrons. The Morgan fingerprint density at radius 3 is 2.45 bits per heavy atom. The van der Waals surface area contributed by atoms with E-state index in [0.717, 1.165) is 13.2 Å². The molecule has 1 aromatic heterocycles. The van der Waals surface area contributed by atoms with Crippen LogP contribution in [-0.4, -0.2) is 18.0 Å². The number of aryl methyl sites for hydroxylation is 1. The lowest BCUT2D eigenvalue weighted by Crippen LogP contribution is -2.10. The molecule has 0 saturated carbocycles. The van der Waals surface area contributed by atoms with Crippen LogP contribution in [0.1, 0.15) is 23.6 Å². The zero-order valence-corrected chi connectivity index (χ0v) is 15.8. The van der Waals surface area contributed by atoms with Crippen LogP contribution in [0.3, 0.4) is 0 Å². The summed E-state index contributed by atoms with van der Waals surface area (Å²) in [7, 11) is 1.14. The average Bonchev–Trinajstić information content (AvgIpc) is 2.65.